The number of amidine groups is 1. The summed E-state index contributed by atoms with van der Waals surface area (Å²) in [5.41, 5.74) is 1.59. The van der Waals surface area contributed by atoms with Crippen LogP contribution in [-0.2, 0) is 5.72 Å². The van der Waals surface area contributed by atoms with Gasteiger partial charge in [0.2, 0.25) is 0 Å². The minimum Gasteiger partial charge on any atom is -0.346 e. The molecule has 0 spiro atoms. The molecule has 0 fully saturated rings. The maximum atomic E-state index is 11.6. The Morgan fingerprint density at radius 3 is 2.78 bits per heavy atom. The topological polar surface area (TPSA) is 26.5 Å². The van der Waals surface area contributed by atoms with Gasteiger partial charge in [0.1, 0.15) is 5.69 Å². The van der Waals surface area contributed by atoms with E-state index in [1.807, 2.05) is 6.07 Å². The fourth-order valence-electron chi connectivity index (χ4n) is 3.88. The average molecular weight is 327 g/mol. The second-order valence-corrected chi connectivity index (χ2v) is 7.49. The summed E-state index contributed by atoms with van der Waals surface area (Å²) in [7, 11) is 0. The molecule has 1 unspecified atom stereocenters. The molecule has 0 amide bonds. The monoisotopic (exact) mass is 327 g/mol. The van der Waals surface area contributed by atoms with Crippen molar-refractivity contribution in [2.24, 2.45) is 0 Å². The van der Waals surface area contributed by atoms with Crippen LogP contribution in [0.25, 0.3) is 0 Å². The van der Waals surface area contributed by atoms with Gasteiger partial charge in [0.15, 0.2) is 6.54 Å². The summed E-state index contributed by atoms with van der Waals surface area (Å²) in [6.07, 6.45) is 4.64. The summed E-state index contributed by atoms with van der Waals surface area (Å²) in [5, 5.41) is 13.6. The highest BCUT2D eigenvalue weighted by Gasteiger charge is 2.52. The van der Waals surface area contributed by atoms with Gasteiger partial charge in [0, 0.05) is 6.42 Å². The van der Waals surface area contributed by atoms with E-state index < -0.39 is 5.72 Å². The lowest BCUT2D eigenvalue weighted by Crippen LogP contribution is -2.40. The standard InChI is InChI=1S/C19H23N2OS/c1-15-8-4-5-9-16(15)20-14-19(22,17-10-7-13-23-17)21-12-6-2-3-11-18(20)21/h4-5,7-10,13,22H,2-3,6,11-12,14H2,1H3/q+1. The molecule has 1 atom stereocenters. The van der Waals surface area contributed by atoms with Crippen molar-refractivity contribution in [2.45, 2.75) is 38.3 Å². The van der Waals surface area contributed by atoms with Gasteiger partial charge in [-0.05, 0) is 49.3 Å². The first-order valence-corrected chi connectivity index (χ1v) is 9.31. The van der Waals surface area contributed by atoms with Crippen LogP contribution < -0.4 is 4.90 Å². The van der Waals surface area contributed by atoms with Gasteiger partial charge in [0.25, 0.3) is 11.6 Å². The minimum atomic E-state index is -0.893. The predicted molar refractivity (Wildman–Crippen MR) is 95.3 cm³/mol. The molecule has 1 aromatic heterocycles. The highest BCUT2D eigenvalue weighted by molar-refractivity contribution is 7.10. The molecule has 1 aromatic carbocycles. The number of aliphatic hydroxyl groups is 1. The fraction of sp³-hybridized carbons (Fsp3) is 0.421. The number of benzene rings is 1. The molecule has 2 aliphatic heterocycles. The zero-order valence-electron chi connectivity index (χ0n) is 13.5. The first-order chi connectivity index (χ1) is 11.2. The van der Waals surface area contributed by atoms with E-state index in [1.165, 1.54) is 29.9 Å². The molecule has 0 aliphatic carbocycles. The third-order valence-corrected chi connectivity index (χ3v) is 6.06. The van der Waals surface area contributed by atoms with Crippen molar-refractivity contribution in [1.29, 1.82) is 0 Å². The fourth-order valence-corrected chi connectivity index (χ4v) is 4.70. The van der Waals surface area contributed by atoms with Gasteiger partial charge in [-0.2, -0.15) is 0 Å². The number of aryl methyl sites for hydroxylation is 1. The van der Waals surface area contributed by atoms with Crippen LogP contribution in [0.1, 0.15) is 36.1 Å². The molecule has 2 aliphatic rings. The largest absolute Gasteiger partial charge is 0.346 e. The normalized spacial score (nSPS) is 24.7. The number of hydrogen-bond acceptors (Lipinski definition) is 3. The Hall–Kier alpha value is -1.65. The van der Waals surface area contributed by atoms with Gasteiger partial charge in [-0.25, -0.2) is 9.48 Å². The summed E-state index contributed by atoms with van der Waals surface area (Å²) < 4.78 is 2.26. The number of rotatable bonds is 2. The van der Waals surface area contributed by atoms with Crippen LogP contribution >= 0.6 is 11.3 Å². The highest BCUT2D eigenvalue weighted by Crippen LogP contribution is 2.37. The highest BCUT2D eigenvalue weighted by atomic mass is 32.1. The molecule has 1 N–H and O–H groups in total. The number of para-hydroxylation sites is 1. The van der Waals surface area contributed by atoms with Crippen LogP contribution in [0, 0.1) is 6.92 Å². The molecular formula is C19H23N2OS+. The Morgan fingerprint density at radius 1 is 1.13 bits per heavy atom. The molecule has 0 saturated heterocycles. The first-order valence-electron chi connectivity index (χ1n) is 8.43. The van der Waals surface area contributed by atoms with Crippen molar-refractivity contribution >= 4 is 22.9 Å². The number of anilines is 1. The van der Waals surface area contributed by atoms with Crippen LogP contribution in [0.3, 0.4) is 0 Å². The molecule has 4 heteroatoms. The lowest BCUT2D eigenvalue weighted by atomic mass is 10.1. The number of nitrogens with zero attached hydrogens (tertiary/aromatic N) is 2. The van der Waals surface area contributed by atoms with Crippen molar-refractivity contribution in [2.75, 3.05) is 18.0 Å². The van der Waals surface area contributed by atoms with Crippen LogP contribution in [-0.4, -0.2) is 28.6 Å². The van der Waals surface area contributed by atoms with E-state index in [0.717, 1.165) is 24.3 Å². The quantitative estimate of drug-likeness (QED) is 0.851. The van der Waals surface area contributed by atoms with Gasteiger partial charge in [-0.1, -0.05) is 24.3 Å². The van der Waals surface area contributed by atoms with Crippen molar-refractivity contribution in [3.05, 3.63) is 52.2 Å². The third kappa shape index (κ3) is 2.41. The molecule has 4 rings (SSSR count). The number of thiophene rings is 1. The molecule has 2 aromatic rings. The Labute approximate surface area is 141 Å². The zero-order chi connectivity index (χ0) is 15.9. The van der Waals surface area contributed by atoms with Crippen molar-refractivity contribution in [1.82, 2.24) is 0 Å². The number of β-amino-alcohol motifs (C(OH)–C–C–N with tert-alkyl or cyclic N) is 1. The molecule has 120 valence electrons. The summed E-state index contributed by atoms with van der Waals surface area (Å²) in [6.45, 7) is 3.71. The number of hydrogen-bond donors (Lipinski definition) is 1. The van der Waals surface area contributed by atoms with Crippen molar-refractivity contribution < 1.29 is 9.68 Å². The molecule has 0 saturated carbocycles. The Balaban J connectivity index is 1.84. The average Bonchev–Trinajstić information content (AvgIpc) is 3.10. The third-order valence-electron chi connectivity index (χ3n) is 5.05. The molecule has 23 heavy (non-hydrogen) atoms. The molecule has 0 bridgehead atoms. The van der Waals surface area contributed by atoms with Crippen molar-refractivity contribution in [3.8, 4) is 0 Å². The second-order valence-electron chi connectivity index (χ2n) is 6.55. The lowest BCUT2D eigenvalue weighted by Gasteiger charge is -2.22. The maximum absolute atomic E-state index is 11.6. The second kappa shape index (κ2) is 5.77. The first kappa shape index (κ1) is 14.9. The summed E-state index contributed by atoms with van der Waals surface area (Å²) in [5.74, 6) is 1.28. The van der Waals surface area contributed by atoms with E-state index in [9.17, 15) is 5.11 Å². The summed E-state index contributed by atoms with van der Waals surface area (Å²) >= 11 is 1.65. The van der Waals surface area contributed by atoms with E-state index in [2.05, 4.69) is 52.1 Å². The van der Waals surface area contributed by atoms with E-state index >= 15 is 0 Å². The Bertz CT molecular complexity index is 738. The zero-order valence-corrected chi connectivity index (χ0v) is 14.4. The minimum absolute atomic E-state index is 0.619. The van der Waals surface area contributed by atoms with E-state index in [0.29, 0.717) is 6.54 Å². The van der Waals surface area contributed by atoms with Crippen LogP contribution in [0.4, 0.5) is 5.69 Å². The van der Waals surface area contributed by atoms with Crippen molar-refractivity contribution in [3.63, 3.8) is 0 Å². The van der Waals surface area contributed by atoms with Gasteiger partial charge in [0.05, 0.1) is 11.4 Å². The lowest BCUT2D eigenvalue weighted by molar-refractivity contribution is -0.657. The Kier molecular flexibility index (Phi) is 3.74. The molecule has 3 nitrogen and oxygen atoms in total. The van der Waals surface area contributed by atoms with Gasteiger partial charge in [-0.3, -0.25) is 0 Å². The molecular weight excluding hydrogens is 304 g/mol. The van der Waals surface area contributed by atoms with E-state index in [4.69, 9.17) is 0 Å². The summed E-state index contributed by atoms with van der Waals surface area (Å²) in [4.78, 5) is 3.40. The SMILES string of the molecule is Cc1ccccc1N1CC(O)(c2cccs2)[N+]2=C1CCCCC2. The van der Waals surface area contributed by atoms with E-state index in [1.54, 1.807) is 11.3 Å². The van der Waals surface area contributed by atoms with Gasteiger partial charge >= 0.3 is 0 Å². The summed E-state index contributed by atoms with van der Waals surface area (Å²) in [6, 6.07) is 12.6. The maximum Gasteiger partial charge on any atom is 0.280 e. The predicted octanol–water partition coefficient (Wildman–Crippen LogP) is 3.71. The smallest absolute Gasteiger partial charge is 0.280 e. The van der Waals surface area contributed by atoms with E-state index in [-0.39, 0.29) is 0 Å². The van der Waals surface area contributed by atoms with Crippen LogP contribution in [0.15, 0.2) is 41.8 Å². The van der Waals surface area contributed by atoms with Gasteiger partial charge in [-0.15, -0.1) is 11.3 Å². The molecule has 3 heterocycles. The van der Waals surface area contributed by atoms with Gasteiger partial charge < -0.3 is 5.11 Å². The molecule has 0 radical (unpaired) electrons. The van der Waals surface area contributed by atoms with Crippen LogP contribution in [0.5, 0.6) is 0 Å². The van der Waals surface area contributed by atoms with Crippen LogP contribution in [0.2, 0.25) is 0 Å². The Morgan fingerprint density at radius 2 is 2.00 bits per heavy atom.